The van der Waals surface area contributed by atoms with E-state index in [-0.39, 0.29) is 17.2 Å². The fraction of sp³-hybridized carbons (Fsp3) is 0.542. The molecule has 7 heteroatoms. The first kappa shape index (κ1) is 22.0. The van der Waals surface area contributed by atoms with E-state index in [1.165, 1.54) is 0 Å². The summed E-state index contributed by atoms with van der Waals surface area (Å²) >= 11 is 6.24. The quantitative estimate of drug-likeness (QED) is 0.442. The van der Waals surface area contributed by atoms with Gasteiger partial charge in [-0.1, -0.05) is 13.0 Å². The van der Waals surface area contributed by atoms with Crippen molar-refractivity contribution in [1.82, 2.24) is 15.3 Å². The van der Waals surface area contributed by atoms with Crippen LogP contribution in [0.3, 0.4) is 0 Å². The topological polar surface area (TPSA) is 92.9 Å². The van der Waals surface area contributed by atoms with Crippen LogP contribution in [0.25, 0.3) is 0 Å². The molecule has 2 aromatic rings. The number of fused-ring (bicyclic) bond motifs is 1. The van der Waals surface area contributed by atoms with Gasteiger partial charge in [0.25, 0.3) is 0 Å². The molecule has 0 amide bonds. The van der Waals surface area contributed by atoms with Crippen molar-refractivity contribution >= 4 is 28.9 Å². The molecule has 2 aliphatic rings. The smallest absolute Gasteiger partial charge is 0.224 e. The molecule has 1 fully saturated rings. The Balaban J connectivity index is 1.43. The van der Waals surface area contributed by atoms with Crippen LogP contribution in [-0.2, 0) is 17.6 Å². The molecule has 166 valence electrons. The maximum atomic E-state index is 12.7. The van der Waals surface area contributed by atoms with Gasteiger partial charge in [0.05, 0.1) is 11.7 Å². The molecule has 1 aliphatic heterocycles. The van der Waals surface area contributed by atoms with Crippen molar-refractivity contribution in [2.75, 3.05) is 24.1 Å². The Morgan fingerprint density at radius 3 is 2.81 bits per heavy atom. The summed E-state index contributed by atoms with van der Waals surface area (Å²) in [5, 5.41) is 7.11. The standard InChI is InChI=1S/C24H32ClN5O/c1-13-6-17(10-18(26)7-13)15(3)28-23-19-8-16(9-21(19)29-24(25)30-23)4-5-22(31)20-12-27-11-14(20)2/h6-7,10,14-16,20,27H,4-5,8-9,11-12,26H2,1-3H3,(H,28,29,30)/t14-,15+,16?,20+/m0/s1. The lowest BCUT2D eigenvalue weighted by Gasteiger charge is -2.18. The fourth-order valence-electron chi connectivity index (χ4n) is 5.00. The molecule has 4 atom stereocenters. The zero-order valence-electron chi connectivity index (χ0n) is 18.5. The summed E-state index contributed by atoms with van der Waals surface area (Å²) < 4.78 is 0. The number of nitrogens with zero attached hydrogens (tertiary/aromatic N) is 2. The number of Topliss-reactive ketones (excluding diaryl/α,β-unsaturated/α-hetero) is 1. The molecular weight excluding hydrogens is 410 g/mol. The van der Waals surface area contributed by atoms with Gasteiger partial charge in [-0.05, 0) is 86.4 Å². The van der Waals surface area contributed by atoms with E-state index >= 15 is 0 Å². The van der Waals surface area contributed by atoms with Crippen molar-refractivity contribution in [1.29, 1.82) is 0 Å². The number of nitrogens with one attached hydrogen (secondary N) is 2. The molecule has 6 nitrogen and oxygen atoms in total. The Morgan fingerprint density at radius 2 is 2.10 bits per heavy atom. The van der Waals surface area contributed by atoms with Crippen LogP contribution in [0.2, 0.25) is 5.28 Å². The van der Waals surface area contributed by atoms with Crippen molar-refractivity contribution in [2.45, 2.75) is 52.5 Å². The molecule has 0 saturated carbocycles. The molecule has 0 bridgehead atoms. The minimum Gasteiger partial charge on any atom is -0.399 e. The van der Waals surface area contributed by atoms with Gasteiger partial charge < -0.3 is 16.4 Å². The molecule has 1 saturated heterocycles. The van der Waals surface area contributed by atoms with E-state index in [1.807, 2.05) is 19.1 Å². The van der Waals surface area contributed by atoms with Gasteiger partial charge in [-0.3, -0.25) is 4.79 Å². The molecule has 1 aromatic carbocycles. The second-order valence-corrected chi connectivity index (χ2v) is 9.67. The monoisotopic (exact) mass is 441 g/mol. The van der Waals surface area contributed by atoms with Crippen LogP contribution in [0, 0.1) is 24.7 Å². The SMILES string of the molecule is Cc1cc(N)cc([C@@H](C)Nc2nc(Cl)nc3c2CC(CCC(=O)[C@@H]2CNC[C@@H]2C)C3)c1. The van der Waals surface area contributed by atoms with Gasteiger partial charge in [0, 0.05) is 30.1 Å². The third-order valence-electron chi connectivity index (χ3n) is 6.75. The highest BCUT2D eigenvalue weighted by Crippen LogP contribution is 2.35. The zero-order chi connectivity index (χ0) is 22.1. The van der Waals surface area contributed by atoms with Crippen LogP contribution < -0.4 is 16.4 Å². The van der Waals surface area contributed by atoms with Gasteiger partial charge >= 0.3 is 0 Å². The first-order valence-electron chi connectivity index (χ1n) is 11.2. The van der Waals surface area contributed by atoms with Crippen LogP contribution in [0.5, 0.6) is 0 Å². The number of halogens is 1. The summed E-state index contributed by atoms with van der Waals surface area (Å²) in [5.74, 6) is 2.19. The molecule has 1 aromatic heterocycles. The molecule has 4 N–H and O–H groups in total. The van der Waals surface area contributed by atoms with Gasteiger partial charge in [0.1, 0.15) is 11.6 Å². The van der Waals surface area contributed by atoms with E-state index in [2.05, 4.69) is 40.5 Å². The lowest BCUT2D eigenvalue weighted by atomic mass is 9.88. The van der Waals surface area contributed by atoms with Crippen molar-refractivity contribution in [3.63, 3.8) is 0 Å². The highest BCUT2D eigenvalue weighted by atomic mass is 35.5. The number of benzene rings is 1. The Bertz CT molecular complexity index is 958. The average Bonchev–Trinajstić information content (AvgIpc) is 3.31. The van der Waals surface area contributed by atoms with Crippen molar-refractivity contribution < 1.29 is 4.79 Å². The number of aryl methyl sites for hydroxylation is 1. The third kappa shape index (κ3) is 5.01. The predicted octanol–water partition coefficient (Wildman–Crippen LogP) is 4.11. The second-order valence-electron chi connectivity index (χ2n) is 9.33. The number of aromatic nitrogens is 2. The summed E-state index contributed by atoms with van der Waals surface area (Å²) in [5.41, 5.74) is 11.2. The third-order valence-corrected chi connectivity index (χ3v) is 6.91. The van der Waals surface area contributed by atoms with E-state index in [4.69, 9.17) is 17.3 Å². The Hall–Kier alpha value is -2.18. The van der Waals surface area contributed by atoms with Crippen LogP contribution in [0.1, 0.15) is 55.1 Å². The Labute approximate surface area is 189 Å². The predicted molar refractivity (Wildman–Crippen MR) is 125 cm³/mol. The van der Waals surface area contributed by atoms with Gasteiger partial charge in [0.2, 0.25) is 5.28 Å². The molecule has 4 rings (SSSR count). The van der Waals surface area contributed by atoms with E-state index in [0.29, 0.717) is 24.0 Å². The van der Waals surface area contributed by atoms with E-state index < -0.39 is 0 Å². The van der Waals surface area contributed by atoms with Gasteiger partial charge in [-0.2, -0.15) is 0 Å². The maximum Gasteiger partial charge on any atom is 0.224 e. The molecule has 0 spiro atoms. The molecule has 1 unspecified atom stereocenters. The van der Waals surface area contributed by atoms with Gasteiger partial charge in [-0.25, -0.2) is 9.97 Å². The van der Waals surface area contributed by atoms with Crippen LogP contribution >= 0.6 is 11.6 Å². The number of rotatable bonds is 7. The molecule has 31 heavy (non-hydrogen) atoms. The summed E-state index contributed by atoms with van der Waals surface area (Å²) in [7, 11) is 0. The van der Waals surface area contributed by atoms with Crippen LogP contribution in [0.15, 0.2) is 18.2 Å². The number of anilines is 2. The lowest BCUT2D eigenvalue weighted by Crippen LogP contribution is -2.22. The highest BCUT2D eigenvalue weighted by Gasteiger charge is 2.32. The summed E-state index contributed by atoms with van der Waals surface area (Å²) in [6.07, 6.45) is 3.25. The number of carbonyl (C=O) groups excluding carboxylic acids is 1. The minimum absolute atomic E-state index is 0.0363. The first-order valence-corrected chi connectivity index (χ1v) is 11.6. The van der Waals surface area contributed by atoms with Gasteiger partial charge in [0.15, 0.2) is 0 Å². The second kappa shape index (κ2) is 9.13. The normalized spacial score (nSPS) is 23.5. The van der Waals surface area contributed by atoms with Crippen molar-refractivity contribution in [2.24, 2.45) is 17.8 Å². The van der Waals surface area contributed by atoms with Gasteiger partial charge in [-0.15, -0.1) is 0 Å². The first-order chi connectivity index (χ1) is 14.8. The summed E-state index contributed by atoms with van der Waals surface area (Å²) in [6, 6.07) is 6.11. The average molecular weight is 442 g/mol. The van der Waals surface area contributed by atoms with Crippen LogP contribution in [0.4, 0.5) is 11.5 Å². The summed E-state index contributed by atoms with van der Waals surface area (Å²) in [4.78, 5) is 21.6. The van der Waals surface area contributed by atoms with Crippen molar-refractivity contribution in [3.05, 3.63) is 45.9 Å². The molecule has 2 heterocycles. The number of hydrogen-bond acceptors (Lipinski definition) is 6. The zero-order valence-corrected chi connectivity index (χ0v) is 19.3. The van der Waals surface area contributed by atoms with E-state index in [0.717, 1.165) is 66.2 Å². The fourth-order valence-corrected chi connectivity index (χ4v) is 5.18. The minimum atomic E-state index is 0.0363. The van der Waals surface area contributed by atoms with Crippen LogP contribution in [-0.4, -0.2) is 28.8 Å². The molecular formula is C24H32ClN5O. The number of hydrogen-bond donors (Lipinski definition) is 3. The van der Waals surface area contributed by atoms with E-state index in [1.54, 1.807) is 0 Å². The largest absolute Gasteiger partial charge is 0.399 e. The maximum absolute atomic E-state index is 12.7. The Morgan fingerprint density at radius 1 is 1.29 bits per heavy atom. The molecule has 0 radical (unpaired) electrons. The summed E-state index contributed by atoms with van der Waals surface area (Å²) in [6.45, 7) is 8.06. The number of nitrogen functional groups attached to an aromatic ring is 1. The lowest BCUT2D eigenvalue weighted by molar-refractivity contribution is -0.123. The number of carbonyl (C=O) groups is 1. The Kier molecular flexibility index (Phi) is 6.49. The number of nitrogens with two attached hydrogens (primary N) is 1. The molecule has 1 aliphatic carbocycles. The van der Waals surface area contributed by atoms with Crippen molar-refractivity contribution in [3.8, 4) is 0 Å². The van der Waals surface area contributed by atoms with E-state index in [9.17, 15) is 4.79 Å². The highest BCUT2D eigenvalue weighted by molar-refractivity contribution is 6.28. The number of ketones is 1.